The molecule has 0 saturated heterocycles. The molecule has 0 aliphatic rings. The summed E-state index contributed by atoms with van der Waals surface area (Å²) in [5, 5.41) is 9.02. The van der Waals surface area contributed by atoms with E-state index in [1.54, 1.807) is 12.3 Å². The maximum Gasteiger partial charge on any atom is 0.239 e. The van der Waals surface area contributed by atoms with Gasteiger partial charge in [0.2, 0.25) is 5.91 Å². The van der Waals surface area contributed by atoms with Gasteiger partial charge in [0, 0.05) is 12.1 Å². The number of rotatable bonds is 10. The van der Waals surface area contributed by atoms with Crippen molar-refractivity contribution in [2.24, 2.45) is 4.99 Å². The SMILES string of the molecule is CCNC(=NCc1ccc(C)cc1OC(C)CC)NCC(=O)NCc1ccco1.I. The van der Waals surface area contributed by atoms with Crippen molar-refractivity contribution >= 4 is 35.8 Å². The maximum atomic E-state index is 12.0. The van der Waals surface area contributed by atoms with E-state index in [4.69, 9.17) is 9.15 Å². The average Bonchev–Trinajstić information content (AvgIpc) is 3.23. The number of carbonyl (C=O) groups is 1. The van der Waals surface area contributed by atoms with Crippen molar-refractivity contribution in [3.63, 3.8) is 0 Å². The van der Waals surface area contributed by atoms with Gasteiger partial charge < -0.3 is 25.1 Å². The lowest BCUT2D eigenvalue weighted by Crippen LogP contribution is -2.43. The van der Waals surface area contributed by atoms with Gasteiger partial charge in [0.25, 0.3) is 0 Å². The largest absolute Gasteiger partial charge is 0.490 e. The van der Waals surface area contributed by atoms with Crippen molar-refractivity contribution in [3.8, 4) is 5.75 Å². The van der Waals surface area contributed by atoms with Crippen LogP contribution in [0.2, 0.25) is 0 Å². The Hall–Kier alpha value is -2.23. The van der Waals surface area contributed by atoms with Crippen LogP contribution in [0, 0.1) is 6.92 Å². The molecule has 0 spiro atoms. The molecule has 0 fully saturated rings. The zero-order valence-corrected chi connectivity index (χ0v) is 20.5. The van der Waals surface area contributed by atoms with Crippen LogP contribution in [0.4, 0.5) is 0 Å². The fourth-order valence-electron chi connectivity index (χ4n) is 2.53. The first-order chi connectivity index (χ1) is 14.0. The Morgan fingerprint density at radius 1 is 1.20 bits per heavy atom. The van der Waals surface area contributed by atoms with Crippen molar-refractivity contribution in [2.75, 3.05) is 13.1 Å². The fraction of sp³-hybridized carbons (Fsp3) is 0.455. The normalized spacial score (nSPS) is 11.9. The van der Waals surface area contributed by atoms with Gasteiger partial charge >= 0.3 is 0 Å². The Labute approximate surface area is 196 Å². The number of halogens is 1. The van der Waals surface area contributed by atoms with Crippen LogP contribution in [0.5, 0.6) is 5.75 Å². The van der Waals surface area contributed by atoms with Gasteiger partial charge in [-0.25, -0.2) is 4.99 Å². The Kier molecular flexibility index (Phi) is 12.0. The monoisotopic (exact) mass is 528 g/mol. The summed E-state index contributed by atoms with van der Waals surface area (Å²) in [5.41, 5.74) is 2.16. The molecule has 0 aliphatic carbocycles. The number of furan rings is 1. The minimum absolute atomic E-state index is 0. The molecule has 1 amide bonds. The van der Waals surface area contributed by atoms with E-state index >= 15 is 0 Å². The number of guanidine groups is 1. The number of hydrogen-bond donors (Lipinski definition) is 3. The van der Waals surface area contributed by atoms with Crippen molar-refractivity contribution in [1.82, 2.24) is 16.0 Å². The zero-order chi connectivity index (χ0) is 21.1. The summed E-state index contributed by atoms with van der Waals surface area (Å²) in [6, 6.07) is 9.74. The van der Waals surface area contributed by atoms with E-state index in [0.29, 0.717) is 31.4 Å². The topological polar surface area (TPSA) is 87.9 Å². The van der Waals surface area contributed by atoms with Crippen LogP contribution in [-0.2, 0) is 17.9 Å². The number of nitrogens with zero attached hydrogens (tertiary/aromatic N) is 1. The number of hydrogen-bond acceptors (Lipinski definition) is 4. The van der Waals surface area contributed by atoms with Crippen molar-refractivity contribution in [2.45, 2.75) is 53.3 Å². The third-order valence-electron chi connectivity index (χ3n) is 4.33. The number of aryl methyl sites for hydroxylation is 1. The lowest BCUT2D eigenvalue weighted by molar-refractivity contribution is -0.120. The van der Waals surface area contributed by atoms with Crippen LogP contribution in [0.25, 0.3) is 0 Å². The van der Waals surface area contributed by atoms with Crippen LogP contribution in [0.1, 0.15) is 44.1 Å². The Morgan fingerprint density at radius 3 is 2.67 bits per heavy atom. The molecule has 3 N–H and O–H groups in total. The second kappa shape index (κ2) is 13.9. The van der Waals surface area contributed by atoms with Crippen molar-refractivity contribution in [3.05, 3.63) is 53.5 Å². The second-order valence-corrected chi connectivity index (χ2v) is 6.85. The number of nitrogens with one attached hydrogen (secondary N) is 3. The molecule has 166 valence electrons. The second-order valence-electron chi connectivity index (χ2n) is 6.85. The third kappa shape index (κ3) is 9.06. The number of benzene rings is 1. The van der Waals surface area contributed by atoms with Crippen LogP contribution in [0.3, 0.4) is 0 Å². The molecule has 2 rings (SSSR count). The smallest absolute Gasteiger partial charge is 0.239 e. The standard InChI is InChI=1S/C22H32N4O3.HI/c1-5-17(4)29-20-12-16(3)9-10-18(20)13-25-22(23-6-2)26-15-21(27)24-14-19-8-7-11-28-19;/h7-12,17H,5-6,13-15H2,1-4H3,(H,24,27)(H2,23,25,26);1H. The maximum absolute atomic E-state index is 12.0. The molecule has 1 aromatic heterocycles. The van der Waals surface area contributed by atoms with E-state index in [1.165, 1.54) is 0 Å². The first-order valence-electron chi connectivity index (χ1n) is 10.1. The van der Waals surface area contributed by atoms with Gasteiger partial charge in [-0.05, 0) is 51.0 Å². The summed E-state index contributed by atoms with van der Waals surface area (Å²) < 4.78 is 11.3. The summed E-state index contributed by atoms with van der Waals surface area (Å²) in [7, 11) is 0. The Morgan fingerprint density at radius 2 is 2.00 bits per heavy atom. The van der Waals surface area contributed by atoms with Crippen molar-refractivity contribution < 1.29 is 13.9 Å². The van der Waals surface area contributed by atoms with E-state index < -0.39 is 0 Å². The highest BCUT2D eigenvalue weighted by atomic mass is 127. The van der Waals surface area contributed by atoms with Gasteiger partial charge in [-0.2, -0.15) is 0 Å². The summed E-state index contributed by atoms with van der Waals surface area (Å²) in [6.07, 6.45) is 2.66. The molecule has 7 nitrogen and oxygen atoms in total. The molecule has 0 aliphatic heterocycles. The van der Waals surface area contributed by atoms with E-state index in [2.05, 4.69) is 40.9 Å². The van der Waals surface area contributed by atoms with Crippen LogP contribution < -0.4 is 20.7 Å². The average molecular weight is 528 g/mol. The molecule has 0 radical (unpaired) electrons. The summed E-state index contributed by atoms with van der Waals surface area (Å²) >= 11 is 0. The van der Waals surface area contributed by atoms with Gasteiger partial charge in [-0.15, -0.1) is 24.0 Å². The van der Waals surface area contributed by atoms with Gasteiger partial charge in [0.1, 0.15) is 11.5 Å². The van der Waals surface area contributed by atoms with E-state index in [1.807, 2.05) is 32.0 Å². The lowest BCUT2D eigenvalue weighted by atomic mass is 10.1. The molecular formula is C22H33IN4O3. The predicted octanol–water partition coefficient (Wildman–Crippen LogP) is 3.75. The number of ether oxygens (including phenoxy) is 1. The fourth-order valence-corrected chi connectivity index (χ4v) is 2.53. The Balaban J connectivity index is 0.00000450. The minimum Gasteiger partial charge on any atom is -0.490 e. The number of carbonyl (C=O) groups excluding carboxylic acids is 1. The Bertz CT molecular complexity index is 794. The van der Waals surface area contributed by atoms with E-state index in [9.17, 15) is 4.79 Å². The van der Waals surface area contributed by atoms with Gasteiger partial charge in [0.05, 0.1) is 32.0 Å². The van der Waals surface area contributed by atoms with Crippen LogP contribution in [0.15, 0.2) is 46.0 Å². The quantitative estimate of drug-likeness (QED) is 0.249. The first kappa shape index (κ1) is 25.8. The van der Waals surface area contributed by atoms with E-state index in [0.717, 1.165) is 23.3 Å². The van der Waals surface area contributed by atoms with Crippen LogP contribution in [-0.4, -0.2) is 31.1 Å². The van der Waals surface area contributed by atoms with Gasteiger partial charge in [-0.3, -0.25) is 4.79 Å². The summed E-state index contributed by atoms with van der Waals surface area (Å²) in [4.78, 5) is 16.7. The molecular weight excluding hydrogens is 495 g/mol. The highest BCUT2D eigenvalue weighted by molar-refractivity contribution is 14.0. The molecule has 1 aromatic carbocycles. The zero-order valence-electron chi connectivity index (χ0n) is 18.2. The van der Waals surface area contributed by atoms with Gasteiger partial charge in [-0.1, -0.05) is 19.1 Å². The predicted molar refractivity (Wildman–Crippen MR) is 130 cm³/mol. The molecule has 0 saturated carbocycles. The van der Waals surface area contributed by atoms with Crippen molar-refractivity contribution in [1.29, 1.82) is 0 Å². The number of aliphatic imine (C=N–C) groups is 1. The molecule has 2 aromatic rings. The van der Waals surface area contributed by atoms with Gasteiger partial charge in [0.15, 0.2) is 5.96 Å². The minimum atomic E-state index is -0.136. The summed E-state index contributed by atoms with van der Waals surface area (Å²) in [5.74, 6) is 2.01. The molecule has 0 bridgehead atoms. The van der Waals surface area contributed by atoms with E-state index in [-0.39, 0.29) is 42.5 Å². The highest BCUT2D eigenvalue weighted by Gasteiger charge is 2.09. The summed E-state index contributed by atoms with van der Waals surface area (Å²) in [6.45, 7) is 9.82. The lowest BCUT2D eigenvalue weighted by Gasteiger charge is -2.17. The molecule has 8 heteroatoms. The van der Waals surface area contributed by atoms with Crippen LogP contribution >= 0.6 is 24.0 Å². The highest BCUT2D eigenvalue weighted by Crippen LogP contribution is 2.23. The molecule has 1 atom stereocenters. The first-order valence-corrected chi connectivity index (χ1v) is 10.1. The molecule has 1 unspecified atom stereocenters. The molecule has 1 heterocycles. The molecule has 30 heavy (non-hydrogen) atoms. The number of amides is 1. The third-order valence-corrected chi connectivity index (χ3v) is 4.33.